The number of aliphatic hydroxyl groups excluding tert-OH is 1. The SMILES string of the molecule is CSCCC(NC(=O)C(N)CCCN=C(N)N)C(=O)NC(C(=O)NC(CS)C(=O)O)C(C)O. The predicted molar refractivity (Wildman–Crippen MR) is 130 cm³/mol. The summed E-state index contributed by atoms with van der Waals surface area (Å²) in [6.45, 7) is 1.57. The van der Waals surface area contributed by atoms with Crippen molar-refractivity contribution < 1.29 is 29.4 Å². The minimum atomic E-state index is -1.44. The standard InChI is InChI=1S/C18H35N7O6S2/c1-9(26)13(16(29)24-12(8-32)17(30)31)25-15(28)11(5-7-33-2)23-14(27)10(19)4-3-6-22-18(20)21/h9-13,26,32H,3-8,19H2,1-2H3,(H,23,27)(H,24,29)(H,25,28)(H,30,31)(H4,20,21,22). The molecule has 5 unspecified atom stereocenters. The molecule has 0 bridgehead atoms. The Kier molecular flexibility index (Phi) is 15.3. The van der Waals surface area contributed by atoms with Gasteiger partial charge in [-0.05, 0) is 38.2 Å². The number of carbonyl (C=O) groups is 4. The number of aliphatic carboxylic acids is 1. The van der Waals surface area contributed by atoms with Gasteiger partial charge in [0.25, 0.3) is 0 Å². The van der Waals surface area contributed by atoms with Gasteiger partial charge in [-0.15, -0.1) is 0 Å². The quantitative estimate of drug-likeness (QED) is 0.0441. The summed E-state index contributed by atoms with van der Waals surface area (Å²) >= 11 is 5.31. The van der Waals surface area contributed by atoms with Crippen LogP contribution in [-0.2, 0) is 19.2 Å². The highest BCUT2D eigenvalue weighted by Crippen LogP contribution is 2.05. The molecule has 13 nitrogen and oxygen atoms in total. The highest BCUT2D eigenvalue weighted by molar-refractivity contribution is 7.98. The van der Waals surface area contributed by atoms with E-state index in [0.29, 0.717) is 18.7 Å². The molecule has 33 heavy (non-hydrogen) atoms. The van der Waals surface area contributed by atoms with E-state index in [0.717, 1.165) is 0 Å². The molecule has 5 atom stereocenters. The lowest BCUT2D eigenvalue weighted by atomic mass is 10.1. The number of carbonyl (C=O) groups excluding carboxylic acids is 3. The highest BCUT2D eigenvalue weighted by atomic mass is 32.2. The van der Waals surface area contributed by atoms with Gasteiger partial charge in [-0.2, -0.15) is 24.4 Å². The molecule has 0 radical (unpaired) electrons. The lowest BCUT2D eigenvalue weighted by Gasteiger charge is -2.26. The fraction of sp³-hybridized carbons (Fsp3) is 0.722. The second kappa shape index (κ2) is 16.4. The van der Waals surface area contributed by atoms with Crippen LogP contribution in [0.25, 0.3) is 0 Å². The summed E-state index contributed by atoms with van der Waals surface area (Å²) in [4.78, 5) is 52.6. The lowest BCUT2D eigenvalue weighted by Crippen LogP contribution is -2.60. The maximum absolute atomic E-state index is 12.8. The molecule has 0 aliphatic rings. The molecule has 0 aliphatic heterocycles. The van der Waals surface area contributed by atoms with Gasteiger partial charge in [0.05, 0.1) is 12.1 Å². The van der Waals surface area contributed by atoms with Crippen molar-refractivity contribution in [2.45, 2.75) is 56.5 Å². The fourth-order valence-corrected chi connectivity index (χ4v) is 3.26. The number of aliphatic imine (C=N–C) groups is 1. The molecular weight excluding hydrogens is 474 g/mol. The molecule has 0 saturated heterocycles. The molecule has 0 spiro atoms. The number of hydrogen-bond acceptors (Lipinski definition) is 9. The Morgan fingerprint density at radius 2 is 1.64 bits per heavy atom. The van der Waals surface area contributed by atoms with Crippen LogP contribution in [0.5, 0.6) is 0 Å². The number of nitrogens with one attached hydrogen (secondary N) is 3. The first-order valence-corrected chi connectivity index (χ1v) is 12.2. The largest absolute Gasteiger partial charge is 0.480 e. The fourth-order valence-electron chi connectivity index (χ4n) is 2.54. The minimum absolute atomic E-state index is 0.0671. The van der Waals surface area contributed by atoms with E-state index in [1.165, 1.54) is 18.7 Å². The van der Waals surface area contributed by atoms with Crippen LogP contribution in [0.1, 0.15) is 26.2 Å². The number of amides is 3. The van der Waals surface area contributed by atoms with E-state index in [1.54, 1.807) is 0 Å². The van der Waals surface area contributed by atoms with Crippen molar-refractivity contribution in [1.82, 2.24) is 16.0 Å². The van der Waals surface area contributed by atoms with Crippen molar-refractivity contribution in [1.29, 1.82) is 0 Å². The normalized spacial score (nSPS) is 15.3. The Labute approximate surface area is 202 Å². The van der Waals surface area contributed by atoms with E-state index in [4.69, 9.17) is 22.3 Å². The number of thiol groups is 1. The predicted octanol–water partition coefficient (Wildman–Crippen LogP) is -3.03. The average molecular weight is 510 g/mol. The summed E-state index contributed by atoms with van der Waals surface area (Å²) in [5, 5.41) is 26.2. The number of rotatable bonds is 16. The van der Waals surface area contributed by atoms with Crippen molar-refractivity contribution in [2.75, 3.05) is 24.3 Å². The highest BCUT2D eigenvalue weighted by Gasteiger charge is 2.32. The van der Waals surface area contributed by atoms with E-state index in [9.17, 15) is 24.3 Å². The number of nitrogens with zero attached hydrogens (tertiary/aromatic N) is 1. The Morgan fingerprint density at radius 3 is 2.12 bits per heavy atom. The lowest BCUT2D eigenvalue weighted by molar-refractivity contribution is -0.142. The first kappa shape index (κ1) is 30.8. The van der Waals surface area contributed by atoms with Crippen molar-refractivity contribution in [3.05, 3.63) is 0 Å². The van der Waals surface area contributed by atoms with E-state index in [1.807, 2.05) is 6.26 Å². The Hall–Kier alpha value is -2.23. The van der Waals surface area contributed by atoms with Crippen LogP contribution in [0, 0.1) is 0 Å². The van der Waals surface area contributed by atoms with Gasteiger partial charge in [0.2, 0.25) is 17.7 Å². The minimum Gasteiger partial charge on any atom is -0.480 e. The number of guanidine groups is 1. The summed E-state index contributed by atoms with van der Waals surface area (Å²) in [5.74, 6) is -3.23. The number of carboxylic acids is 1. The van der Waals surface area contributed by atoms with E-state index in [-0.39, 0.29) is 24.6 Å². The summed E-state index contributed by atoms with van der Waals surface area (Å²) < 4.78 is 0. The smallest absolute Gasteiger partial charge is 0.327 e. The third-order valence-electron chi connectivity index (χ3n) is 4.41. The topological polar surface area (TPSA) is 235 Å². The molecular formula is C18H35N7O6S2. The molecule has 0 aromatic rings. The second-order valence-corrected chi connectivity index (χ2v) is 8.56. The van der Waals surface area contributed by atoms with Crippen LogP contribution in [-0.4, -0.2) is 94.4 Å². The molecule has 0 saturated carbocycles. The van der Waals surface area contributed by atoms with Gasteiger partial charge in [-0.3, -0.25) is 19.4 Å². The number of hydrogen-bond donors (Lipinski definition) is 9. The van der Waals surface area contributed by atoms with Gasteiger partial charge in [0.15, 0.2) is 5.96 Å². The number of nitrogens with two attached hydrogens (primary N) is 3. The Balaban J connectivity index is 5.19. The van der Waals surface area contributed by atoms with Crippen LogP contribution in [0.2, 0.25) is 0 Å². The van der Waals surface area contributed by atoms with Gasteiger partial charge in [-0.1, -0.05) is 0 Å². The van der Waals surface area contributed by atoms with Crippen LogP contribution in [0.15, 0.2) is 4.99 Å². The summed E-state index contributed by atoms with van der Waals surface area (Å²) in [6, 6.07) is -4.68. The zero-order valence-corrected chi connectivity index (χ0v) is 20.4. The zero-order valence-electron chi connectivity index (χ0n) is 18.7. The van der Waals surface area contributed by atoms with Crippen molar-refractivity contribution in [3.63, 3.8) is 0 Å². The maximum atomic E-state index is 12.8. The molecule has 15 heteroatoms. The van der Waals surface area contributed by atoms with Gasteiger partial charge in [-0.25, -0.2) is 4.79 Å². The van der Waals surface area contributed by atoms with Crippen LogP contribution in [0.4, 0.5) is 0 Å². The number of thioether (sulfide) groups is 1. The maximum Gasteiger partial charge on any atom is 0.327 e. The molecule has 0 aromatic heterocycles. The molecule has 190 valence electrons. The third kappa shape index (κ3) is 12.6. The van der Waals surface area contributed by atoms with Crippen molar-refractivity contribution in [3.8, 4) is 0 Å². The molecule has 0 fully saturated rings. The molecule has 3 amide bonds. The first-order chi connectivity index (χ1) is 15.4. The zero-order chi connectivity index (χ0) is 25.6. The van der Waals surface area contributed by atoms with Crippen LogP contribution < -0.4 is 33.2 Å². The molecule has 0 aromatic carbocycles. The average Bonchev–Trinajstić information content (AvgIpc) is 2.74. The molecule has 0 aliphatic carbocycles. The van der Waals surface area contributed by atoms with E-state index >= 15 is 0 Å². The Morgan fingerprint density at radius 1 is 1.03 bits per heavy atom. The van der Waals surface area contributed by atoms with Gasteiger partial charge < -0.3 is 43.4 Å². The van der Waals surface area contributed by atoms with Gasteiger partial charge >= 0.3 is 5.97 Å². The van der Waals surface area contributed by atoms with E-state index in [2.05, 4.69) is 33.6 Å². The van der Waals surface area contributed by atoms with E-state index < -0.39 is 54.0 Å². The van der Waals surface area contributed by atoms with Gasteiger partial charge in [0.1, 0.15) is 18.1 Å². The third-order valence-corrected chi connectivity index (χ3v) is 5.42. The van der Waals surface area contributed by atoms with Crippen LogP contribution >= 0.6 is 24.4 Å². The van der Waals surface area contributed by atoms with Crippen molar-refractivity contribution >= 4 is 54.0 Å². The Bertz CT molecular complexity index is 691. The summed E-state index contributed by atoms with van der Waals surface area (Å²) in [6.07, 6.45) is 1.45. The second-order valence-electron chi connectivity index (χ2n) is 7.21. The molecule has 0 rings (SSSR count). The van der Waals surface area contributed by atoms with Crippen LogP contribution in [0.3, 0.4) is 0 Å². The van der Waals surface area contributed by atoms with Gasteiger partial charge in [0, 0.05) is 12.3 Å². The van der Waals surface area contributed by atoms with Crippen molar-refractivity contribution in [2.24, 2.45) is 22.2 Å². The number of aliphatic hydroxyl groups is 1. The number of carboxylic acid groups (broad SMARTS) is 1. The summed E-state index contributed by atoms with van der Waals surface area (Å²) in [5.41, 5.74) is 16.4. The summed E-state index contributed by atoms with van der Waals surface area (Å²) in [7, 11) is 0. The molecule has 11 N–H and O–H groups in total. The molecule has 0 heterocycles. The monoisotopic (exact) mass is 509 g/mol. The first-order valence-electron chi connectivity index (χ1n) is 10.2.